The Kier molecular flexibility index (Phi) is 4.02. The maximum absolute atomic E-state index is 2.91. The Morgan fingerprint density at radius 1 is 0.520 bits per heavy atom. The molecule has 0 saturated carbocycles. The fourth-order valence-electron chi connectivity index (χ4n) is 14.0. The number of hydrogen-bond acceptors (Lipinski definition) is 0. The second-order valence-corrected chi connectivity index (χ2v) is 17.7. The Labute approximate surface area is 291 Å². The van der Waals surface area contributed by atoms with E-state index in [0.29, 0.717) is 47.3 Å². The Morgan fingerprint density at radius 3 is 1.68 bits per heavy atom. The number of nitrogens with zero attached hydrogens (tertiary/aromatic N) is 4. The van der Waals surface area contributed by atoms with Gasteiger partial charge in [-0.05, 0) is 79.5 Å². The summed E-state index contributed by atoms with van der Waals surface area (Å²) in [6, 6.07) is 0. The summed E-state index contributed by atoms with van der Waals surface area (Å²) in [5, 5.41) is 2.99. The van der Waals surface area contributed by atoms with Crippen LogP contribution in [0, 0.1) is 23.7 Å². The monoisotopic (exact) mass is 648 g/mol. The normalized spacial score (nSPS) is 39.3. The minimum atomic E-state index is -0.558. The molecule has 242 valence electrons. The van der Waals surface area contributed by atoms with E-state index in [1.165, 1.54) is 96.3 Å². The van der Waals surface area contributed by atoms with Crippen LogP contribution in [0.1, 0.15) is 116 Å². The SMILES string of the molecule is CC1=Cc2c3c(c4n2[C@@]25n6c(c7c(c6=CC6=[N+]2C(=C4)C2=C6C4C=CC2CC4)C2C=CC7CC2)=CC(C2=CC4C=CC2CC4)=[N+]15)C1C=CC3CC1. The van der Waals surface area contributed by atoms with Crippen molar-refractivity contribution in [3.63, 3.8) is 0 Å². The molecule has 4 heteroatoms. The molecule has 17 aliphatic rings. The highest BCUT2D eigenvalue weighted by atomic mass is 15.6. The summed E-state index contributed by atoms with van der Waals surface area (Å²) in [6.45, 7) is 2.45. The largest absolute Gasteiger partial charge is 0.553 e. The van der Waals surface area contributed by atoms with Gasteiger partial charge in [0, 0.05) is 89.4 Å². The first-order valence-corrected chi connectivity index (χ1v) is 19.9. The molecule has 0 amide bonds. The van der Waals surface area contributed by atoms with Gasteiger partial charge in [0.05, 0.1) is 22.1 Å². The van der Waals surface area contributed by atoms with Gasteiger partial charge in [-0.15, -0.1) is 0 Å². The lowest BCUT2D eigenvalue weighted by atomic mass is 9.69. The fourth-order valence-corrected chi connectivity index (χ4v) is 14.0. The van der Waals surface area contributed by atoms with E-state index in [2.05, 4.69) is 104 Å². The van der Waals surface area contributed by atoms with Crippen molar-refractivity contribution in [2.75, 3.05) is 0 Å². The maximum atomic E-state index is 2.91. The Hall–Kier alpha value is -4.44. The summed E-state index contributed by atoms with van der Waals surface area (Å²) < 4.78 is 11.6. The summed E-state index contributed by atoms with van der Waals surface area (Å²) in [5.41, 5.74) is 20.3. The molecule has 0 aromatic carbocycles. The van der Waals surface area contributed by atoms with E-state index < -0.39 is 5.91 Å². The van der Waals surface area contributed by atoms with E-state index in [9.17, 15) is 0 Å². The van der Waals surface area contributed by atoms with E-state index >= 15 is 0 Å². The molecule has 8 bridgehead atoms. The van der Waals surface area contributed by atoms with Gasteiger partial charge in [0.1, 0.15) is 0 Å². The highest BCUT2D eigenvalue weighted by molar-refractivity contribution is 6.22. The quantitative estimate of drug-likeness (QED) is 0.231. The summed E-state index contributed by atoms with van der Waals surface area (Å²) in [7, 11) is 0. The minimum absolute atomic E-state index is 0.490. The molecule has 8 unspecified atom stereocenters. The van der Waals surface area contributed by atoms with Crippen molar-refractivity contribution in [1.82, 2.24) is 9.13 Å². The van der Waals surface area contributed by atoms with Crippen LogP contribution in [0.4, 0.5) is 0 Å². The molecule has 5 aliphatic heterocycles. The first-order valence-electron chi connectivity index (χ1n) is 19.9. The molecule has 12 aliphatic carbocycles. The van der Waals surface area contributed by atoms with Gasteiger partial charge >= 0.3 is 5.91 Å². The van der Waals surface area contributed by atoms with E-state index in [0.717, 1.165) is 0 Å². The first-order chi connectivity index (χ1) is 24.7. The molecular weight excluding hydrogens is 609 g/mol. The van der Waals surface area contributed by atoms with Crippen LogP contribution in [-0.2, 0) is 5.91 Å². The van der Waals surface area contributed by atoms with Crippen LogP contribution in [0.5, 0.6) is 0 Å². The molecule has 19 rings (SSSR count). The van der Waals surface area contributed by atoms with Gasteiger partial charge in [-0.3, -0.25) is 0 Å². The summed E-state index contributed by atoms with van der Waals surface area (Å²) in [5.74, 6) is 3.56. The molecule has 2 aromatic rings. The third kappa shape index (κ3) is 2.45. The molecule has 1 spiro atoms. The van der Waals surface area contributed by atoms with Crippen LogP contribution >= 0.6 is 0 Å². The second-order valence-electron chi connectivity index (χ2n) is 17.7. The van der Waals surface area contributed by atoms with Gasteiger partial charge in [0.2, 0.25) is 17.1 Å². The van der Waals surface area contributed by atoms with E-state index in [1.54, 1.807) is 39.0 Å². The molecular formula is C46H40N4+2. The van der Waals surface area contributed by atoms with Gasteiger partial charge < -0.3 is 0 Å². The van der Waals surface area contributed by atoms with Gasteiger partial charge in [-0.1, -0.05) is 63.8 Å². The lowest BCUT2D eigenvalue weighted by molar-refractivity contribution is -0.836. The average Bonchev–Trinajstić information content (AvgIpc) is 3.85. The first kappa shape index (κ1) is 25.5. The molecule has 2 aromatic heterocycles. The van der Waals surface area contributed by atoms with Crippen molar-refractivity contribution in [2.24, 2.45) is 23.7 Å². The third-order valence-electron chi connectivity index (χ3n) is 15.7. The van der Waals surface area contributed by atoms with Crippen LogP contribution < -0.4 is 10.7 Å². The third-order valence-corrected chi connectivity index (χ3v) is 15.7. The number of allylic oxidation sites excluding steroid dienone is 13. The highest BCUT2D eigenvalue weighted by Gasteiger charge is 2.73. The van der Waals surface area contributed by atoms with E-state index in [1.807, 2.05) is 0 Å². The van der Waals surface area contributed by atoms with E-state index in [4.69, 9.17) is 0 Å². The zero-order valence-electron chi connectivity index (χ0n) is 28.6. The summed E-state index contributed by atoms with van der Waals surface area (Å²) >= 11 is 0. The molecule has 7 heterocycles. The van der Waals surface area contributed by atoms with Gasteiger partial charge in [-0.2, -0.15) is 9.13 Å². The van der Waals surface area contributed by atoms with Gasteiger partial charge in [0.15, 0.2) is 5.70 Å². The predicted octanol–water partition coefficient (Wildman–Crippen LogP) is 7.12. The maximum Gasteiger partial charge on any atom is 0.553 e. The lowest BCUT2D eigenvalue weighted by Crippen LogP contribution is -2.70. The smallest absolute Gasteiger partial charge is 0.199 e. The summed E-state index contributed by atoms with van der Waals surface area (Å²) in [6.07, 6.45) is 44.1. The fraction of sp³-hybridized carbons (Fsp3) is 0.391. The lowest BCUT2D eigenvalue weighted by Gasteiger charge is -2.40. The Morgan fingerprint density at radius 2 is 1.08 bits per heavy atom. The van der Waals surface area contributed by atoms with Crippen molar-refractivity contribution >= 4 is 35.7 Å². The van der Waals surface area contributed by atoms with Crippen LogP contribution in [0.3, 0.4) is 0 Å². The van der Waals surface area contributed by atoms with Gasteiger partial charge in [-0.25, -0.2) is 0 Å². The molecule has 0 radical (unpaired) electrons. The number of aromatic nitrogens is 2. The second kappa shape index (κ2) is 7.88. The van der Waals surface area contributed by atoms with Crippen LogP contribution in [-0.4, -0.2) is 29.7 Å². The van der Waals surface area contributed by atoms with Crippen molar-refractivity contribution in [1.29, 1.82) is 0 Å². The van der Waals surface area contributed by atoms with Gasteiger partial charge in [0.25, 0.3) is 0 Å². The molecule has 0 N–H and O–H groups in total. The Bertz CT molecular complexity index is 2660. The average molecular weight is 649 g/mol. The van der Waals surface area contributed by atoms with Crippen LogP contribution in [0.2, 0.25) is 0 Å². The minimum Gasteiger partial charge on any atom is -0.199 e. The molecule has 9 atom stereocenters. The predicted molar refractivity (Wildman–Crippen MR) is 196 cm³/mol. The summed E-state index contributed by atoms with van der Waals surface area (Å²) in [4.78, 5) is 0. The zero-order chi connectivity index (χ0) is 31.9. The molecule has 4 nitrogen and oxygen atoms in total. The Balaban J connectivity index is 1.19. The standard InChI is InChI=1S/C46H40N4/c1-23-18-34-40-26-6-8-28(9-7-26)42(40)36-21-38-44-30-14-16-31(17-15-30)45(44)39-22-37-43-29-12-10-27(11-13-29)41(43)35-20-33(32-19-24-2-4-25(32)5-3-24)47(23)46(48(34)36,49(35)37)50(38)39/h2,4,6,8,10,12,14,16,18-22,24-31H,3,5,7,9,11,13,15,17H2,1H3/q+2/t24?,25?,26?,27?,28?,29?,30?,31?,46-/m0/s1. The van der Waals surface area contributed by atoms with E-state index in [-0.39, 0.29) is 0 Å². The zero-order valence-corrected chi connectivity index (χ0v) is 28.6. The topological polar surface area (TPSA) is 15.9 Å². The van der Waals surface area contributed by atoms with Crippen molar-refractivity contribution in [3.05, 3.63) is 127 Å². The number of rotatable bonds is 1. The van der Waals surface area contributed by atoms with Crippen molar-refractivity contribution < 1.29 is 9.15 Å². The molecule has 50 heavy (non-hydrogen) atoms. The van der Waals surface area contributed by atoms with Crippen LogP contribution in [0.25, 0.3) is 24.3 Å². The molecule has 0 saturated heterocycles. The van der Waals surface area contributed by atoms with Crippen molar-refractivity contribution in [3.8, 4) is 0 Å². The highest BCUT2D eigenvalue weighted by Crippen LogP contribution is 2.59. The van der Waals surface area contributed by atoms with Crippen molar-refractivity contribution in [2.45, 2.75) is 87.9 Å². The number of fused-ring (bicyclic) bond motifs is 4. The van der Waals surface area contributed by atoms with Crippen LogP contribution in [0.15, 0.2) is 82.8 Å². The molecule has 0 fully saturated rings. The number of hydrogen-bond donors (Lipinski definition) is 0.